The van der Waals surface area contributed by atoms with E-state index in [2.05, 4.69) is 5.32 Å². The van der Waals surface area contributed by atoms with Crippen LogP contribution in [0.5, 0.6) is 0 Å². The highest BCUT2D eigenvalue weighted by Crippen LogP contribution is 2.22. The van der Waals surface area contributed by atoms with Gasteiger partial charge < -0.3 is 10.2 Å². The van der Waals surface area contributed by atoms with Crippen LogP contribution in [0.4, 0.5) is 4.39 Å². The Kier molecular flexibility index (Phi) is 9.48. The van der Waals surface area contributed by atoms with Gasteiger partial charge in [0.2, 0.25) is 11.8 Å². The third-order valence-electron chi connectivity index (χ3n) is 4.44. The van der Waals surface area contributed by atoms with Crippen LogP contribution in [0.3, 0.4) is 0 Å². The number of nitrogens with zero attached hydrogens (tertiary/aromatic N) is 1. The molecule has 0 unspecified atom stereocenters. The van der Waals surface area contributed by atoms with Gasteiger partial charge >= 0.3 is 0 Å². The van der Waals surface area contributed by atoms with E-state index in [1.807, 2.05) is 38.1 Å². The summed E-state index contributed by atoms with van der Waals surface area (Å²) >= 11 is 7.63. The number of hydrogen-bond donors (Lipinski definition) is 1. The topological polar surface area (TPSA) is 49.4 Å². The predicted molar refractivity (Wildman–Crippen MR) is 117 cm³/mol. The molecule has 0 spiro atoms. The summed E-state index contributed by atoms with van der Waals surface area (Å²) in [6.07, 6.45) is 0.494. The number of thioether (sulfide) groups is 1. The van der Waals surface area contributed by atoms with Crippen LogP contribution in [0.1, 0.15) is 31.4 Å². The van der Waals surface area contributed by atoms with Gasteiger partial charge in [0.1, 0.15) is 11.9 Å². The van der Waals surface area contributed by atoms with Gasteiger partial charge in [0.05, 0.1) is 5.75 Å². The number of carbonyl (C=O) groups is 2. The van der Waals surface area contributed by atoms with Crippen molar-refractivity contribution in [1.29, 1.82) is 0 Å². The largest absolute Gasteiger partial charge is 0.355 e. The van der Waals surface area contributed by atoms with E-state index in [4.69, 9.17) is 11.6 Å². The third kappa shape index (κ3) is 7.05. The lowest BCUT2D eigenvalue weighted by Crippen LogP contribution is -2.49. The highest BCUT2D eigenvalue weighted by Gasteiger charge is 2.28. The summed E-state index contributed by atoms with van der Waals surface area (Å²) in [5.74, 6) is 0.180. The molecule has 0 aliphatic heterocycles. The predicted octanol–water partition coefficient (Wildman–Crippen LogP) is 4.66. The monoisotopic (exact) mass is 436 g/mol. The smallest absolute Gasteiger partial charge is 0.242 e. The van der Waals surface area contributed by atoms with Gasteiger partial charge in [-0.3, -0.25) is 9.59 Å². The molecule has 0 aromatic heterocycles. The Bertz CT molecular complexity index is 817. The van der Waals surface area contributed by atoms with E-state index >= 15 is 0 Å². The lowest BCUT2D eigenvalue weighted by atomic mass is 10.1. The fourth-order valence-electron chi connectivity index (χ4n) is 2.94. The first-order valence-electron chi connectivity index (χ1n) is 9.59. The van der Waals surface area contributed by atoms with Crippen molar-refractivity contribution in [3.63, 3.8) is 0 Å². The first kappa shape index (κ1) is 23.2. The minimum atomic E-state index is -0.576. The van der Waals surface area contributed by atoms with Gasteiger partial charge in [-0.25, -0.2) is 4.39 Å². The summed E-state index contributed by atoms with van der Waals surface area (Å²) in [5, 5.41) is 3.47. The standard InChI is InChI=1S/C22H26ClFN2O2S/c1-3-20(22(28)25-4-2)26(13-16-9-11-18(24)12-10-16)21(27)15-29-14-17-7-5-6-8-19(17)23/h5-12,20H,3-4,13-15H2,1-2H3,(H,25,28)/t20-/m1/s1. The zero-order valence-corrected chi connectivity index (χ0v) is 18.2. The maximum atomic E-state index is 13.2. The molecule has 0 aliphatic rings. The molecule has 156 valence electrons. The molecule has 0 fully saturated rings. The molecule has 0 saturated carbocycles. The Labute approximate surface area is 180 Å². The normalized spacial score (nSPS) is 11.7. The van der Waals surface area contributed by atoms with Crippen LogP contribution >= 0.6 is 23.4 Å². The van der Waals surface area contributed by atoms with Crippen LogP contribution in [0.25, 0.3) is 0 Å². The van der Waals surface area contributed by atoms with Gasteiger partial charge in [-0.1, -0.05) is 48.9 Å². The average Bonchev–Trinajstić information content (AvgIpc) is 2.71. The summed E-state index contributed by atoms with van der Waals surface area (Å²) in [4.78, 5) is 27.1. The van der Waals surface area contributed by atoms with Crippen LogP contribution < -0.4 is 5.32 Å². The van der Waals surface area contributed by atoms with Crippen molar-refractivity contribution in [2.45, 2.75) is 38.6 Å². The Morgan fingerprint density at radius 1 is 1.14 bits per heavy atom. The van der Waals surface area contributed by atoms with E-state index in [1.165, 1.54) is 23.9 Å². The van der Waals surface area contributed by atoms with Crippen molar-refractivity contribution >= 4 is 35.2 Å². The number of hydrogen-bond acceptors (Lipinski definition) is 3. The highest BCUT2D eigenvalue weighted by molar-refractivity contribution is 7.99. The molecule has 0 heterocycles. The van der Waals surface area contributed by atoms with Crippen LogP contribution in [0.2, 0.25) is 5.02 Å². The molecule has 0 bridgehead atoms. The fraction of sp³-hybridized carbons (Fsp3) is 0.364. The number of rotatable bonds is 10. The zero-order valence-electron chi connectivity index (χ0n) is 16.7. The molecule has 2 rings (SSSR count). The van der Waals surface area contributed by atoms with E-state index in [9.17, 15) is 14.0 Å². The number of halogens is 2. The summed E-state index contributed by atoms with van der Waals surface area (Å²) < 4.78 is 13.2. The average molecular weight is 437 g/mol. The minimum Gasteiger partial charge on any atom is -0.355 e. The van der Waals surface area contributed by atoms with Gasteiger partial charge in [0, 0.05) is 23.9 Å². The van der Waals surface area contributed by atoms with Crippen molar-refractivity contribution in [1.82, 2.24) is 10.2 Å². The molecule has 2 aromatic carbocycles. The van der Waals surface area contributed by atoms with E-state index < -0.39 is 6.04 Å². The third-order valence-corrected chi connectivity index (χ3v) is 5.78. The lowest BCUT2D eigenvalue weighted by Gasteiger charge is -2.30. The molecule has 2 amide bonds. The molecule has 1 N–H and O–H groups in total. The summed E-state index contributed by atoms with van der Waals surface area (Å²) in [6, 6.07) is 12.9. The Hall–Kier alpha value is -2.05. The van der Waals surface area contributed by atoms with Crippen molar-refractivity contribution in [2.24, 2.45) is 0 Å². The number of carbonyl (C=O) groups excluding carboxylic acids is 2. The molecule has 2 aromatic rings. The Morgan fingerprint density at radius 2 is 1.83 bits per heavy atom. The van der Waals surface area contributed by atoms with Crippen molar-refractivity contribution in [3.8, 4) is 0 Å². The minimum absolute atomic E-state index is 0.135. The Balaban J connectivity index is 2.11. The SMILES string of the molecule is CCNC(=O)[C@@H](CC)N(Cc1ccc(F)cc1)C(=O)CSCc1ccccc1Cl. The van der Waals surface area contributed by atoms with Crippen LogP contribution in [-0.2, 0) is 21.9 Å². The summed E-state index contributed by atoms with van der Waals surface area (Å²) in [6.45, 7) is 4.47. The molecule has 0 saturated heterocycles. The van der Waals surface area contributed by atoms with Crippen LogP contribution in [0.15, 0.2) is 48.5 Å². The van der Waals surface area contributed by atoms with Gasteiger partial charge in [-0.05, 0) is 42.7 Å². The first-order chi connectivity index (χ1) is 14.0. The molecule has 0 radical (unpaired) electrons. The van der Waals surface area contributed by atoms with E-state index in [1.54, 1.807) is 17.0 Å². The van der Waals surface area contributed by atoms with Gasteiger partial charge in [-0.2, -0.15) is 0 Å². The second-order valence-corrected chi connectivity index (χ2v) is 7.94. The van der Waals surface area contributed by atoms with Gasteiger partial charge in [0.15, 0.2) is 0 Å². The molecule has 1 atom stereocenters. The molecule has 0 aliphatic carbocycles. The second-order valence-electron chi connectivity index (χ2n) is 6.55. The maximum Gasteiger partial charge on any atom is 0.242 e. The summed E-state index contributed by atoms with van der Waals surface area (Å²) in [5.41, 5.74) is 1.74. The fourth-order valence-corrected chi connectivity index (χ4v) is 4.14. The number of benzene rings is 2. The van der Waals surface area contributed by atoms with Gasteiger partial charge in [0.25, 0.3) is 0 Å². The molecule has 7 heteroatoms. The van der Waals surface area contributed by atoms with Crippen LogP contribution in [0, 0.1) is 5.82 Å². The van der Waals surface area contributed by atoms with Gasteiger partial charge in [-0.15, -0.1) is 11.8 Å². The number of nitrogens with one attached hydrogen (secondary N) is 1. The molecule has 29 heavy (non-hydrogen) atoms. The maximum absolute atomic E-state index is 13.2. The Morgan fingerprint density at radius 3 is 2.45 bits per heavy atom. The zero-order chi connectivity index (χ0) is 21.2. The first-order valence-corrected chi connectivity index (χ1v) is 11.1. The quantitative estimate of drug-likeness (QED) is 0.589. The molecular weight excluding hydrogens is 411 g/mol. The van der Waals surface area contributed by atoms with E-state index in [0.717, 1.165) is 11.1 Å². The second kappa shape index (κ2) is 11.8. The number of likely N-dealkylation sites (N-methyl/N-ethyl adjacent to an activating group) is 1. The molecular formula is C22H26ClFN2O2S. The molecule has 4 nitrogen and oxygen atoms in total. The van der Waals surface area contributed by atoms with Crippen LogP contribution in [-0.4, -0.2) is 35.1 Å². The summed E-state index contributed by atoms with van der Waals surface area (Å²) in [7, 11) is 0. The van der Waals surface area contributed by atoms with Crippen molar-refractivity contribution in [2.75, 3.05) is 12.3 Å². The highest BCUT2D eigenvalue weighted by atomic mass is 35.5. The number of amides is 2. The van der Waals surface area contributed by atoms with E-state index in [-0.39, 0.29) is 29.9 Å². The lowest BCUT2D eigenvalue weighted by molar-refractivity contribution is -0.139. The van der Waals surface area contributed by atoms with Crippen molar-refractivity contribution < 1.29 is 14.0 Å². The van der Waals surface area contributed by atoms with E-state index in [0.29, 0.717) is 23.7 Å². The van der Waals surface area contributed by atoms with Crippen molar-refractivity contribution in [3.05, 3.63) is 70.5 Å².